The Hall–Kier alpha value is -2.46. The van der Waals surface area contributed by atoms with E-state index in [9.17, 15) is 18.0 Å². The molecule has 10 heteroatoms. The van der Waals surface area contributed by atoms with Gasteiger partial charge in [-0.1, -0.05) is 23.7 Å². The minimum Gasteiger partial charge on any atom is -0.383 e. The van der Waals surface area contributed by atoms with Gasteiger partial charge < -0.3 is 15.4 Å². The summed E-state index contributed by atoms with van der Waals surface area (Å²) >= 11 is 6.15. The van der Waals surface area contributed by atoms with Crippen molar-refractivity contribution in [2.45, 2.75) is 17.7 Å². The molecule has 2 N–H and O–H groups in total. The van der Waals surface area contributed by atoms with E-state index in [4.69, 9.17) is 16.3 Å². The van der Waals surface area contributed by atoms with Gasteiger partial charge in [-0.25, -0.2) is 8.42 Å². The fraction of sp³-hybridized carbons (Fsp3) is 0.333. The van der Waals surface area contributed by atoms with Crippen LogP contribution < -0.4 is 10.6 Å². The topological polar surface area (TPSA) is 105 Å². The standard InChI is InChI=1S/C21H24ClN3O5S/c1-30-13-10-23-21(27)16-6-2-3-7-18(16)24-20(26)15-8-9-17(22)19(14-15)31(28,29)25-11-4-5-12-25/h2-3,6-9,14H,4-5,10-13H2,1H3,(H,23,27)(H,24,26). The molecule has 1 aliphatic heterocycles. The minimum atomic E-state index is -3.79. The molecule has 1 saturated heterocycles. The molecular formula is C21H24ClN3O5S. The van der Waals surface area contributed by atoms with Crippen molar-refractivity contribution in [1.29, 1.82) is 0 Å². The zero-order valence-electron chi connectivity index (χ0n) is 17.1. The van der Waals surface area contributed by atoms with Crippen LogP contribution in [0, 0.1) is 0 Å². The summed E-state index contributed by atoms with van der Waals surface area (Å²) in [5.74, 6) is -0.909. The van der Waals surface area contributed by atoms with Crippen LogP contribution in [0.1, 0.15) is 33.6 Å². The molecule has 1 fully saturated rings. The molecule has 2 amide bonds. The van der Waals surface area contributed by atoms with Crippen molar-refractivity contribution in [3.63, 3.8) is 0 Å². The first-order valence-electron chi connectivity index (χ1n) is 9.82. The summed E-state index contributed by atoms with van der Waals surface area (Å²) in [7, 11) is -2.25. The lowest BCUT2D eigenvalue weighted by atomic mass is 10.1. The van der Waals surface area contributed by atoms with Gasteiger partial charge in [0, 0.05) is 32.3 Å². The summed E-state index contributed by atoms with van der Waals surface area (Å²) in [6, 6.07) is 10.7. The van der Waals surface area contributed by atoms with E-state index in [-0.39, 0.29) is 27.0 Å². The Kier molecular flexibility index (Phi) is 7.66. The molecule has 0 bridgehead atoms. The van der Waals surface area contributed by atoms with Crippen LogP contribution in [0.25, 0.3) is 0 Å². The van der Waals surface area contributed by atoms with Gasteiger partial charge in [-0.05, 0) is 43.2 Å². The highest BCUT2D eigenvalue weighted by molar-refractivity contribution is 7.89. The number of hydrogen-bond donors (Lipinski definition) is 2. The summed E-state index contributed by atoms with van der Waals surface area (Å²) in [4.78, 5) is 25.2. The molecule has 8 nitrogen and oxygen atoms in total. The van der Waals surface area contributed by atoms with Gasteiger partial charge in [0.15, 0.2) is 0 Å². The first-order valence-corrected chi connectivity index (χ1v) is 11.6. The molecular weight excluding hydrogens is 442 g/mol. The molecule has 0 radical (unpaired) electrons. The fourth-order valence-electron chi connectivity index (χ4n) is 3.26. The number of nitrogens with zero attached hydrogens (tertiary/aromatic N) is 1. The number of para-hydroxylation sites is 1. The summed E-state index contributed by atoms with van der Waals surface area (Å²) in [5.41, 5.74) is 0.712. The van der Waals surface area contributed by atoms with Crippen molar-refractivity contribution >= 4 is 39.1 Å². The smallest absolute Gasteiger partial charge is 0.255 e. The third-order valence-electron chi connectivity index (χ3n) is 4.89. The summed E-state index contributed by atoms with van der Waals surface area (Å²) in [6.07, 6.45) is 1.58. The molecule has 0 spiro atoms. The molecule has 31 heavy (non-hydrogen) atoms. The van der Waals surface area contributed by atoms with Crippen molar-refractivity contribution in [2.75, 3.05) is 38.7 Å². The van der Waals surface area contributed by atoms with Crippen LogP contribution in [0.5, 0.6) is 0 Å². The Morgan fingerprint density at radius 2 is 1.81 bits per heavy atom. The zero-order valence-corrected chi connectivity index (χ0v) is 18.6. The minimum absolute atomic E-state index is 0.0568. The van der Waals surface area contributed by atoms with Crippen molar-refractivity contribution in [1.82, 2.24) is 9.62 Å². The van der Waals surface area contributed by atoms with E-state index >= 15 is 0 Å². The van der Waals surface area contributed by atoms with Crippen molar-refractivity contribution in [2.24, 2.45) is 0 Å². The van der Waals surface area contributed by atoms with Crippen LogP contribution >= 0.6 is 11.6 Å². The van der Waals surface area contributed by atoms with Crippen LogP contribution in [-0.4, -0.2) is 57.9 Å². The maximum absolute atomic E-state index is 12.9. The van der Waals surface area contributed by atoms with Gasteiger partial charge in [-0.15, -0.1) is 0 Å². The summed E-state index contributed by atoms with van der Waals surface area (Å²) in [6.45, 7) is 1.55. The van der Waals surface area contributed by atoms with Gasteiger partial charge >= 0.3 is 0 Å². The summed E-state index contributed by atoms with van der Waals surface area (Å²) < 4.78 is 32.1. The van der Waals surface area contributed by atoms with Crippen LogP contribution in [0.4, 0.5) is 5.69 Å². The van der Waals surface area contributed by atoms with E-state index in [0.717, 1.165) is 12.8 Å². The third kappa shape index (κ3) is 5.43. The first-order chi connectivity index (χ1) is 14.8. The molecule has 1 aliphatic rings. The lowest BCUT2D eigenvalue weighted by Crippen LogP contribution is -2.29. The van der Waals surface area contributed by atoms with Crippen molar-refractivity contribution in [3.8, 4) is 0 Å². The second-order valence-electron chi connectivity index (χ2n) is 7.00. The van der Waals surface area contributed by atoms with E-state index in [1.165, 1.54) is 29.6 Å². The van der Waals surface area contributed by atoms with Gasteiger partial charge in [0.25, 0.3) is 11.8 Å². The molecule has 0 unspecified atom stereocenters. The third-order valence-corrected chi connectivity index (χ3v) is 7.27. The van der Waals surface area contributed by atoms with E-state index in [1.54, 1.807) is 24.3 Å². The highest BCUT2D eigenvalue weighted by Gasteiger charge is 2.30. The number of halogens is 1. The maximum Gasteiger partial charge on any atom is 0.255 e. The highest BCUT2D eigenvalue weighted by atomic mass is 35.5. The van der Waals surface area contributed by atoms with Gasteiger partial charge in [-0.3, -0.25) is 9.59 Å². The number of carbonyl (C=O) groups is 2. The van der Waals surface area contributed by atoms with Crippen LogP contribution in [0.3, 0.4) is 0 Å². The molecule has 0 saturated carbocycles. The monoisotopic (exact) mass is 465 g/mol. The number of amides is 2. The molecule has 166 valence electrons. The molecule has 0 aromatic heterocycles. The lowest BCUT2D eigenvalue weighted by Gasteiger charge is -2.17. The van der Waals surface area contributed by atoms with E-state index in [2.05, 4.69) is 10.6 Å². The highest BCUT2D eigenvalue weighted by Crippen LogP contribution is 2.28. The van der Waals surface area contributed by atoms with Crippen molar-refractivity contribution < 1.29 is 22.7 Å². The molecule has 2 aromatic carbocycles. The predicted molar refractivity (Wildman–Crippen MR) is 118 cm³/mol. The molecule has 2 aromatic rings. The lowest BCUT2D eigenvalue weighted by molar-refractivity contribution is 0.0938. The van der Waals surface area contributed by atoms with Crippen molar-refractivity contribution in [3.05, 3.63) is 58.6 Å². The van der Waals surface area contributed by atoms with Crippen LogP contribution in [-0.2, 0) is 14.8 Å². The molecule has 0 aliphatic carbocycles. The summed E-state index contributed by atoms with van der Waals surface area (Å²) in [5, 5.41) is 5.44. The normalized spacial score (nSPS) is 14.4. The quantitative estimate of drug-likeness (QED) is 0.583. The maximum atomic E-state index is 12.9. The van der Waals surface area contributed by atoms with Crippen LogP contribution in [0.2, 0.25) is 5.02 Å². The van der Waals surface area contributed by atoms with Gasteiger partial charge in [0.05, 0.1) is 22.9 Å². The SMILES string of the molecule is COCCNC(=O)c1ccccc1NC(=O)c1ccc(Cl)c(S(=O)(=O)N2CCCC2)c1. The average Bonchev–Trinajstić information content (AvgIpc) is 3.30. The number of sulfonamides is 1. The fourth-order valence-corrected chi connectivity index (χ4v) is 5.27. The first kappa shape index (κ1) is 23.2. The number of anilines is 1. The average molecular weight is 466 g/mol. The Labute approximate surface area is 186 Å². The largest absolute Gasteiger partial charge is 0.383 e. The zero-order chi connectivity index (χ0) is 22.4. The number of rotatable bonds is 8. The van der Waals surface area contributed by atoms with Gasteiger partial charge in [0.1, 0.15) is 4.90 Å². The number of nitrogens with one attached hydrogen (secondary N) is 2. The number of hydrogen-bond acceptors (Lipinski definition) is 5. The van der Waals surface area contributed by atoms with E-state index < -0.39 is 15.9 Å². The van der Waals surface area contributed by atoms with Gasteiger partial charge in [0.2, 0.25) is 10.0 Å². The second-order valence-corrected chi connectivity index (χ2v) is 9.32. The number of methoxy groups -OCH3 is 1. The van der Waals surface area contributed by atoms with E-state index in [1.807, 2.05) is 0 Å². The Morgan fingerprint density at radius 3 is 2.52 bits per heavy atom. The Balaban J connectivity index is 1.83. The number of ether oxygens (including phenoxy) is 1. The van der Waals surface area contributed by atoms with Crippen LogP contribution in [0.15, 0.2) is 47.4 Å². The molecule has 0 atom stereocenters. The Bertz CT molecular complexity index is 1070. The second kappa shape index (κ2) is 10.2. The Morgan fingerprint density at radius 1 is 1.10 bits per heavy atom. The number of benzene rings is 2. The number of carbonyl (C=O) groups excluding carboxylic acids is 2. The van der Waals surface area contributed by atoms with E-state index in [0.29, 0.717) is 31.9 Å². The molecule has 3 rings (SSSR count). The molecule has 1 heterocycles. The predicted octanol–water partition coefficient (Wildman–Crippen LogP) is 2.75. The van der Waals surface area contributed by atoms with Gasteiger partial charge in [-0.2, -0.15) is 4.31 Å².